The zero-order valence-electron chi connectivity index (χ0n) is 7.61. The molecule has 0 bridgehead atoms. The van der Waals surface area contributed by atoms with Crippen LogP contribution in [0.2, 0.25) is 5.15 Å². The molecule has 0 unspecified atom stereocenters. The molecule has 0 radical (unpaired) electrons. The third-order valence-electron chi connectivity index (χ3n) is 1.88. The topological polar surface area (TPSA) is 56.7 Å². The molecule has 0 saturated carbocycles. The minimum Gasteiger partial charge on any atom is -0.399 e. The molecule has 4 nitrogen and oxygen atoms in total. The number of nitrogens with zero attached hydrogens (tertiary/aromatic N) is 3. The van der Waals surface area contributed by atoms with E-state index in [0.717, 1.165) is 5.82 Å². The van der Waals surface area contributed by atoms with E-state index in [4.69, 9.17) is 17.3 Å². The van der Waals surface area contributed by atoms with Gasteiger partial charge in [-0.15, -0.1) is 0 Å². The number of rotatable bonds is 1. The van der Waals surface area contributed by atoms with Crippen LogP contribution in [0.4, 0.5) is 5.69 Å². The lowest BCUT2D eigenvalue weighted by Gasteiger charge is -2.05. The number of imidazole rings is 1. The summed E-state index contributed by atoms with van der Waals surface area (Å²) >= 11 is 5.79. The molecule has 2 N–H and O–H groups in total. The predicted molar refractivity (Wildman–Crippen MR) is 55.5 cm³/mol. The quantitative estimate of drug-likeness (QED) is 0.728. The maximum Gasteiger partial charge on any atom is 0.141 e. The van der Waals surface area contributed by atoms with Crippen LogP contribution in [0.15, 0.2) is 24.5 Å². The fourth-order valence-electron chi connectivity index (χ4n) is 1.25. The highest BCUT2D eigenvalue weighted by molar-refractivity contribution is 6.29. The van der Waals surface area contributed by atoms with Crippen molar-refractivity contribution < 1.29 is 0 Å². The van der Waals surface area contributed by atoms with Crippen LogP contribution in [0.25, 0.3) is 5.82 Å². The molecule has 0 amide bonds. The number of aryl methyl sites for hydroxylation is 1. The summed E-state index contributed by atoms with van der Waals surface area (Å²) in [6.45, 7) is 1.89. The molecule has 0 aliphatic rings. The van der Waals surface area contributed by atoms with Crippen LogP contribution in [0.3, 0.4) is 0 Å². The molecule has 0 saturated heterocycles. The first-order valence-corrected chi connectivity index (χ1v) is 4.48. The van der Waals surface area contributed by atoms with Gasteiger partial charge in [0.15, 0.2) is 0 Å². The van der Waals surface area contributed by atoms with Gasteiger partial charge in [0.25, 0.3) is 0 Å². The molecule has 5 heteroatoms. The van der Waals surface area contributed by atoms with E-state index in [1.807, 2.05) is 17.7 Å². The van der Waals surface area contributed by atoms with Gasteiger partial charge in [-0.05, 0) is 13.0 Å². The van der Waals surface area contributed by atoms with Crippen LogP contribution in [0, 0.1) is 6.92 Å². The molecule has 0 aromatic carbocycles. The Morgan fingerprint density at radius 3 is 2.79 bits per heavy atom. The van der Waals surface area contributed by atoms with Crippen LogP contribution >= 0.6 is 11.6 Å². The molecule has 14 heavy (non-hydrogen) atoms. The molecule has 0 atom stereocenters. The normalized spacial score (nSPS) is 10.4. The van der Waals surface area contributed by atoms with Crippen molar-refractivity contribution >= 4 is 17.3 Å². The van der Waals surface area contributed by atoms with Crippen LogP contribution in [-0.2, 0) is 0 Å². The minimum atomic E-state index is 0.383. The number of hydrogen-bond acceptors (Lipinski definition) is 3. The first-order chi connectivity index (χ1) is 6.66. The first-order valence-electron chi connectivity index (χ1n) is 4.10. The van der Waals surface area contributed by atoms with Crippen molar-refractivity contribution in [3.63, 3.8) is 0 Å². The van der Waals surface area contributed by atoms with Crippen molar-refractivity contribution in [1.29, 1.82) is 0 Å². The van der Waals surface area contributed by atoms with E-state index in [0.29, 0.717) is 16.7 Å². The van der Waals surface area contributed by atoms with Gasteiger partial charge in [-0.2, -0.15) is 0 Å². The van der Waals surface area contributed by atoms with Crippen molar-refractivity contribution in [2.45, 2.75) is 6.92 Å². The molecule has 72 valence electrons. The second-order valence-corrected chi connectivity index (χ2v) is 3.31. The van der Waals surface area contributed by atoms with Crippen molar-refractivity contribution in [1.82, 2.24) is 14.5 Å². The van der Waals surface area contributed by atoms with Gasteiger partial charge < -0.3 is 5.73 Å². The fourth-order valence-corrected chi connectivity index (χ4v) is 1.46. The number of hydrogen-bond donors (Lipinski definition) is 1. The van der Waals surface area contributed by atoms with Gasteiger partial charge in [0.1, 0.15) is 16.8 Å². The van der Waals surface area contributed by atoms with E-state index in [-0.39, 0.29) is 0 Å². The molecule has 2 aromatic rings. The monoisotopic (exact) mass is 208 g/mol. The Balaban J connectivity index is 2.57. The second kappa shape index (κ2) is 3.31. The molecule has 2 aromatic heterocycles. The molecular formula is C9H9ClN4. The Kier molecular flexibility index (Phi) is 2.13. The van der Waals surface area contributed by atoms with Gasteiger partial charge in [0.05, 0.1) is 0 Å². The Hall–Kier alpha value is -1.55. The Labute approximate surface area is 86.4 Å². The number of pyridine rings is 1. The van der Waals surface area contributed by atoms with E-state index in [2.05, 4.69) is 9.97 Å². The zero-order chi connectivity index (χ0) is 10.1. The molecule has 0 spiro atoms. The van der Waals surface area contributed by atoms with Gasteiger partial charge in [0, 0.05) is 24.1 Å². The Bertz CT molecular complexity index is 443. The van der Waals surface area contributed by atoms with Crippen LogP contribution < -0.4 is 5.73 Å². The fraction of sp³-hybridized carbons (Fsp3) is 0.111. The summed E-state index contributed by atoms with van der Waals surface area (Å²) in [5.41, 5.74) is 6.25. The molecule has 0 aliphatic heterocycles. The summed E-state index contributed by atoms with van der Waals surface area (Å²) in [5, 5.41) is 0.383. The summed E-state index contributed by atoms with van der Waals surface area (Å²) in [4.78, 5) is 8.24. The predicted octanol–water partition coefficient (Wildman–Crippen LogP) is 1.81. The summed E-state index contributed by atoms with van der Waals surface area (Å²) in [6.07, 6.45) is 3.52. The van der Waals surface area contributed by atoms with Crippen molar-refractivity contribution in [2.24, 2.45) is 0 Å². The lowest BCUT2D eigenvalue weighted by atomic mass is 10.4. The Morgan fingerprint density at radius 2 is 2.21 bits per heavy atom. The minimum absolute atomic E-state index is 0.383. The maximum absolute atomic E-state index is 5.79. The summed E-state index contributed by atoms with van der Waals surface area (Å²) in [5.74, 6) is 1.53. The second-order valence-electron chi connectivity index (χ2n) is 2.93. The third kappa shape index (κ3) is 1.56. The summed E-state index contributed by atoms with van der Waals surface area (Å²) < 4.78 is 1.82. The average molecular weight is 209 g/mol. The highest BCUT2D eigenvalue weighted by Gasteiger charge is 2.03. The molecule has 2 rings (SSSR count). The van der Waals surface area contributed by atoms with Crippen molar-refractivity contribution in [2.75, 3.05) is 5.73 Å². The lowest BCUT2D eigenvalue weighted by molar-refractivity contribution is 0.934. The van der Waals surface area contributed by atoms with Gasteiger partial charge >= 0.3 is 0 Å². The number of aromatic nitrogens is 3. The largest absolute Gasteiger partial charge is 0.399 e. The number of anilines is 1. The highest BCUT2D eigenvalue weighted by atomic mass is 35.5. The van der Waals surface area contributed by atoms with E-state index in [1.165, 1.54) is 0 Å². The zero-order valence-corrected chi connectivity index (χ0v) is 8.36. The van der Waals surface area contributed by atoms with Crippen LogP contribution in [-0.4, -0.2) is 14.5 Å². The third-order valence-corrected chi connectivity index (χ3v) is 2.07. The number of nitrogens with two attached hydrogens (primary N) is 1. The van der Waals surface area contributed by atoms with E-state index < -0.39 is 0 Å². The van der Waals surface area contributed by atoms with Gasteiger partial charge in [-0.1, -0.05) is 11.6 Å². The summed E-state index contributed by atoms with van der Waals surface area (Å²) in [7, 11) is 0. The lowest BCUT2D eigenvalue weighted by Crippen LogP contribution is -2.00. The van der Waals surface area contributed by atoms with Crippen LogP contribution in [0.1, 0.15) is 5.82 Å². The number of halogens is 1. The maximum atomic E-state index is 5.79. The first kappa shape index (κ1) is 9.02. The van der Waals surface area contributed by atoms with Gasteiger partial charge in [-0.25, -0.2) is 9.97 Å². The van der Waals surface area contributed by atoms with E-state index >= 15 is 0 Å². The van der Waals surface area contributed by atoms with E-state index in [9.17, 15) is 0 Å². The van der Waals surface area contributed by atoms with Gasteiger partial charge in [-0.3, -0.25) is 4.57 Å². The molecule has 0 fully saturated rings. The number of nitrogen functional groups attached to an aromatic ring is 1. The highest BCUT2D eigenvalue weighted by Crippen LogP contribution is 2.16. The standard InChI is InChI=1S/C9H9ClN4/c1-6-12-2-3-14(6)9-5-7(11)4-8(10)13-9/h2-5H,1H3,(H2,11,13). The molecule has 0 aliphatic carbocycles. The Morgan fingerprint density at radius 1 is 1.43 bits per heavy atom. The smallest absolute Gasteiger partial charge is 0.141 e. The molecular weight excluding hydrogens is 200 g/mol. The summed E-state index contributed by atoms with van der Waals surface area (Å²) in [6, 6.07) is 3.36. The average Bonchev–Trinajstić information content (AvgIpc) is 2.49. The SMILES string of the molecule is Cc1nccn1-c1cc(N)cc(Cl)n1. The van der Waals surface area contributed by atoms with Crippen LogP contribution in [0.5, 0.6) is 0 Å². The van der Waals surface area contributed by atoms with Crippen molar-refractivity contribution in [3.8, 4) is 5.82 Å². The van der Waals surface area contributed by atoms with Gasteiger partial charge in [0.2, 0.25) is 0 Å². The molecule has 2 heterocycles. The van der Waals surface area contributed by atoms with E-state index in [1.54, 1.807) is 18.3 Å². The van der Waals surface area contributed by atoms with Crippen molar-refractivity contribution in [3.05, 3.63) is 35.5 Å².